The van der Waals surface area contributed by atoms with E-state index in [2.05, 4.69) is 25.5 Å². The minimum atomic E-state index is -4.06. The molecule has 39 heavy (non-hydrogen) atoms. The fourth-order valence-corrected chi connectivity index (χ4v) is 7.26. The molecule has 3 aliphatic heterocycles. The summed E-state index contributed by atoms with van der Waals surface area (Å²) in [6.45, 7) is 12.0. The third kappa shape index (κ3) is 5.76. The molecule has 3 saturated heterocycles. The summed E-state index contributed by atoms with van der Waals surface area (Å²) in [6, 6.07) is 7.36. The molecule has 2 unspecified atom stereocenters. The summed E-state index contributed by atoms with van der Waals surface area (Å²) in [5, 5.41) is 0. The van der Waals surface area contributed by atoms with Crippen molar-refractivity contribution < 1.29 is 27.1 Å². The normalized spacial score (nSPS) is 24.5. The van der Waals surface area contributed by atoms with Crippen molar-refractivity contribution >= 4 is 21.9 Å². The summed E-state index contributed by atoms with van der Waals surface area (Å²) in [6.07, 6.45) is 1.38. The Balaban J connectivity index is 1.50. The maximum atomic E-state index is 14.6. The van der Waals surface area contributed by atoms with E-state index in [1.165, 1.54) is 16.4 Å². The Morgan fingerprint density at radius 3 is 2.64 bits per heavy atom. The van der Waals surface area contributed by atoms with Crippen LogP contribution in [0.25, 0.3) is 11.3 Å². The van der Waals surface area contributed by atoms with Crippen LogP contribution < -0.4 is 14.4 Å². The monoisotopic (exact) mass is 560 g/mol. The van der Waals surface area contributed by atoms with Crippen molar-refractivity contribution in [1.82, 2.24) is 14.0 Å². The van der Waals surface area contributed by atoms with Crippen molar-refractivity contribution in [2.45, 2.75) is 65.1 Å². The van der Waals surface area contributed by atoms with Gasteiger partial charge in [0.25, 0.3) is 5.91 Å². The minimum Gasteiger partial charge on any atom is -0.493 e. The number of anilines is 1. The van der Waals surface area contributed by atoms with Gasteiger partial charge in [0.05, 0.1) is 36.6 Å². The lowest BCUT2D eigenvalue weighted by molar-refractivity contribution is 0.0601. The number of benzene rings is 1. The maximum Gasteiger partial charge on any atom is 0.304 e. The molecule has 0 saturated carbocycles. The van der Waals surface area contributed by atoms with E-state index in [-0.39, 0.29) is 35.7 Å². The third-order valence-corrected chi connectivity index (χ3v) is 9.09. The molecule has 4 heterocycles. The number of hydrogen-bond acceptors (Lipinski definition) is 7. The molecule has 3 atom stereocenters. The number of fused-ring (bicyclic) bond motifs is 2. The SMILES string of the molecule is CC(C)COc1cc(F)cc(-c2ccc(C(=O)NS(=O)(=O)N3CC4CC3CO4)c(N3C[C@@H](C)CC3(C)C)n2)c1. The van der Waals surface area contributed by atoms with Crippen molar-refractivity contribution in [1.29, 1.82) is 0 Å². The maximum absolute atomic E-state index is 14.6. The van der Waals surface area contributed by atoms with Gasteiger partial charge in [0.1, 0.15) is 17.4 Å². The van der Waals surface area contributed by atoms with Gasteiger partial charge < -0.3 is 14.4 Å². The molecule has 1 amide bonds. The van der Waals surface area contributed by atoms with Gasteiger partial charge in [-0.2, -0.15) is 12.7 Å². The molecule has 5 rings (SSSR count). The first-order valence-electron chi connectivity index (χ1n) is 13.5. The Bertz CT molecular complexity index is 1370. The van der Waals surface area contributed by atoms with Crippen LogP contribution >= 0.6 is 0 Å². The van der Waals surface area contributed by atoms with E-state index in [1.807, 2.05) is 18.7 Å². The number of carbonyl (C=O) groups excluding carboxylic acids is 1. The van der Waals surface area contributed by atoms with Gasteiger partial charge in [0.15, 0.2) is 0 Å². The lowest BCUT2D eigenvalue weighted by Crippen LogP contribution is -2.49. The number of hydrogen-bond donors (Lipinski definition) is 1. The number of pyridine rings is 1. The van der Waals surface area contributed by atoms with Crippen molar-refractivity contribution in [2.75, 3.05) is 31.2 Å². The first-order valence-corrected chi connectivity index (χ1v) is 14.9. The predicted molar refractivity (Wildman–Crippen MR) is 146 cm³/mol. The van der Waals surface area contributed by atoms with Crippen molar-refractivity contribution in [3.8, 4) is 17.0 Å². The van der Waals surface area contributed by atoms with Crippen molar-refractivity contribution in [3.63, 3.8) is 0 Å². The van der Waals surface area contributed by atoms with Crippen LogP contribution in [0.3, 0.4) is 0 Å². The number of aromatic nitrogens is 1. The van der Waals surface area contributed by atoms with Crippen molar-refractivity contribution in [3.05, 3.63) is 41.7 Å². The highest BCUT2D eigenvalue weighted by Gasteiger charge is 2.46. The van der Waals surface area contributed by atoms with Gasteiger partial charge >= 0.3 is 10.2 Å². The van der Waals surface area contributed by atoms with E-state index in [0.29, 0.717) is 54.9 Å². The van der Waals surface area contributed by atoms with Crippen LogP contribution in [0.2, 0.25) is 0 Å². The van der Waals surface area contributed by atoms with Crippen LogP contribution in [0.4, 0.5) is 10.2 Å². The second-order valence-corrected chi connectivity index (χ2v) is 13.7. The fourth-order valence-electron chi connectivity index (χ4n) is 5.90. The summed E-state index contributed by atoms with van der Waals surface area (Å²) >= 11 is 0. The molecule has 11 heteroatoms. The highest BCUT2D eigenvalue weighted by molar-refractivity contribution is 7.87. The first kappa shape index (κ1) is 27.8. The summed E-state index contributed by atoms with van der Waals surface area (Å²) in [7, 11) is -4.06. The zero-order valence-electron chi connectivity index (χ0n) is 23.1. The quantitative estimate of drug-likeness (QED) is 0.521. The molecule has 1 aromatic heterocycles. The Morgan fingerprint density at radius 1 is 1.26 bits per heavy atom. The Labute approximate surface area is 229 Å². The smallest absolute Gasteiger partial charge is 0.304 e. The van der Waals surface area contributed by atoms with Gasteiger partial charge in [-0.05, 0) is 62.8 Å². The zero-order valence-corrected chi connectivity index (χ0v) is 23.9. The molecule has 3 aliphatic rings. The lowest BCUT2D eigenvalue weighted by atomic mass is 9.97. The van der Waals surface area contributed by atoms with E-state index in [1.54, 1.807) is 18.2 Å². The van der Waals surface area contributed by atoms with Crippen LogP contribution in [-0.4, -0.2) is 67.6 Å². The first-order chi connectivity index (χ1) is 18.3. The molecule has 0 radical (unpaired) electrons. The molecule has 2 bridgehead atoms. The Hall–Kier alpha value is -2.76. The number of rotatable bonds is 8. The van der Waals surface area contributed by atoms with Crippen LogP contribution in [0, 0.1) is 17.7 Å². The topological polar surface area (TPSA) is 101 Å². The van der Waals surface area contributed by atoms with E-state index >= 15 is 0 Å². The highest BCUT2D eigenvalue weighted by atomic mass is 32.2. The average molecular weight is 561 g/mol. The number of ether oxygens (including phenoxy) is 2. The van der Waals surface area contributed by atoms with Gasteiger partial charge in [-0.15, -0.1) is 0 Å². The largest absolute Gasteiger partial charge is 0.493 e. The number of amides is 1. The summed E-state index contributed by atoms with van der Waals surface area (Å²) in [5.74, 6) is 0.183. The number of nitrogens with zero attached hydrogens (tertiary/aromatic N) is 3. The molecule has 2 aromatic rings. The zero-order chi connectivity index (χ0) is 28.1. The Morgan fingerprint density at radius 2 is 2.03 bits per heavy atom. The lowest BCUT2D eigenvalue weighted by Gasteiger charge is -2.34. The minimum absolute atomic E-state index is 0.134. The number of carbonyl (C=O) groups is 1. The molecule has 1 N–H and O–H groups in total. The molecule has 1 aromatic carbocycles. The highest BCUT2D eigenvalue weighted by Crippen LogP contribution is 2.39. The molecule has 212 valence electrons. The van der Waals surface area contributed by atoms with Gasteiger partial charge in [-0.3, -0.25) is 4.79 Å². The Kier molecular flexibility index (Phi) is 7.36. The van der Waals surface area contributed by atoms with E-state index < -0.39 is 21.9 Å². The third-order valence-electron chi connectivity index (χ3n) is 7.58. The molecule has 0 spiro atoms. The molecular formula is C28H37FN4O5S. The summed E-state index contributed by atoms with van der Waals surface area (Å²) in [4.78, 5) is 20.4. The van der Waals surface area contributed by atoms with E-state index in [4.69, 9.17) is 14.5 Å². The number of morpholine rings is 1. The van der Waals surface area contributed by atoms with Crippen molar-refractivity contribution in [2.24, 2.45) is 11.8 Å². The van der Waals surface area contributed by atoms with Crippen LogP contribution in [0.5, 0.6) is 5.75 Å². The van der Waals surface area contributed by atoms with Gasteiger partial charge in [-0.25, -0.2) is 14.1 Å². The summed E-state index contributed by atoms with van der Waals surface area (Å²) < 4.78 is 55.7. The second-order valence-electron chi connectivity index (χ2n) is 12.0. The molecule has 0 aliphatic carbocycles. The van der Waals surface area contributed by atoms with Crippen LogP contribution in [-0.2, 0) is 14.9 Å². The molecule has 3 fully saturated rings. The second kappa shape index (κ2) is 10.3. The molecular weight excluding hydrogens is 523 g/mol. The van der Waals surface area contributed by atoms with Crippen LogP contribution in [0.1, 0.15) is 57.8 Å². The van der Waals surface area contributed by atoms with Crippen LogP contribution in [0.15, 0.2) is 30.3 Å². The average Bonchev–Trinajstić information content (AvgIpc) is 3.56. The fraction of sp³-hybridized carbons (Fsp3) is 0.571. The van der Waals surface area contributed by atoms with Gasteiger partial charge in [-0.1, -0.05) is 20.8 Å². The van der Waals surface area contributed by atoms with Gasteiger partial charge in [0, 0.05) is 30.3 Å². The van der Waals surface area contributed by atoms with E-state index in [9.17, 15) is 17.6 Å². The number of nitrogens with one attached hydrogen (secondary N) is 1. The standard InChI is InChI=1S/C28H37FN4O5S/c1-17(2)15-37-22-9-19(8-20(29)10-22)25-7-6-24(26(30-25)32-13-18(3)12-28(32,4)5)27(34)31-39(35,36)33-14-23-11-21(33)16-38-23/h6-10,17-18,21,23H,11-16H2,1-5H3,(H,31,34)/t18-,21?,23?/m0/s1. The predicted octanol–water partition coefficient (Wildman–Crippen LogP) is 4.00. The van der Waals surface area contributed by atoms with E-state index in [0.717, 1.165) is 6.42 Å². The van der Waals surface area contributed by atoms with Gasteiger partial charge in [0.2, 0.25) is 0 Å². The number of halogens is 1. The molecule has 9 nitrogen and oxygen atoms in total. The summed E-state index contributed by atoms with van der Waals surface area (Å²) in [5.41, 5.74) is 0.797.